The van der Waals surface area contributed by atoms with E-state index in [1.54, 1.807) is 7.05 Å². The Labute approximate surface area is 126 Å². The third-order valence-electron chi connectivity index (χ3n) is 2.97. The molecule has 0 fully saturated rings. The third kappa shape index (κ3) is 6.04. The van der Waals surface area contributed by atoms with Gasteiger partial charge in [0.15, 0.2) is 0 Å². The van der Waals surface area contributed by atoms with Gasteiger partial charge in [0.05, 0.1) is 0 Å². The van der Waals surface area contributed by atoms with Gasteiger partial charge in [0.1, 0.15) is 11.4 Å². The van der Waals surface area contributed by atoms with Crippen LogP contribution in [0.3, 0.4) is 0 Å². The molecular weight excluding hydrogens is 268 g/mol. The molecule has 0 heterocycles. The number of para-hydroxylation sites is 1. The molecule has 2 N–H and O–H groups in total. The van der Waals surface area contributed by atoms with E-state index in [1.165, 1.54) is 4.90 Å². The van der Waals surface area contributed by atoms with Crippen LogP contribution in [-0.2, 0) is 11.3 Å². The number of ether oxygens (including phenoxy) is 1. The van der Waals surface area contributed by atoms with Crippen LogP contribution in [-0.4, -0.2) is 41.8 Å². The van der Waals surface area contributed by atoms with Crippen LogP contribution >= 0.6 is 0 Å². The second-order valence-electron chi connectivity index (χ2n) is 6.16. The predicted octanol–water partition coefficient (Wildman–Crippen LogP) is 2.66. The maximum Gasteiger partial charge on any atom is 0.410 e. The van der Waals surface area contributed by atoms with E-state index in [2.05, 4.69) is 5.32 Å². The van der Waals surface area contributed by atoms with Crippen molar-refractivity contribution in [3.05, 3.63) is 29.3 Å². The lowest BCUT2D eigenvalue weighted by Crippen LogP contribution is -2.37. The molecule has 0 aliphatic rings. The highest BCUT2D eigenvalue weighted by Gasteiger charge is 2.19. The Balaban J connectivity index is 2.34. The second-order valence-corrected chi connectivity index (χ2v) is 6.16. The van der Waals surface area contributed by atoms with Gasteiger partial charge in [0.25, 0.3) is 0 Å². The number of nitrogens with one attached hydrogen (secondary N) is 1. The molecule has 0 saturated carbocycles. The monoisotopic (exact) mass is 294 g/mol. The first-order valence-electron chi connectivity index (χ1n) is 7.13. The fourth-order valence-corrected chi connectivity index (χ4v) is 1.76. The summed E-state index contributed by atoms with van der Waals surface area (Å²) in [6.45, 7) is 9.14. The summed E-state index contributed by atoms with van der Waals surface area (Å²) in [5, 5.41) is 13.1. The lowest BCUT2D eigenvalue weighted by molar-refractivity contribution is 0.0300. The molecule has 0 radical (unpaired) electrons. The van der Waals surface area contributed by atoms with Crippen molar-refractivity contribution in [2.24, 2.45) is 0 Å². The lowest BCUT2D eigenvalue weighted by atomic mass is 10.1. The molecule has 1 aromatic rings. The normalized spacial score (nSPS) is 11.3. The van der Waals surface area contributed by atoms with E-state index >= 15 is 0 Å². The van der Waals surface area contributed by atoms with Crippen molar-refractivity contribution in [1.82, 2.24) is 10.2 Å². The van der Waals surface area contributed by atoms with Crippen molar-refractivity contribution in [2.75, 3.05) is 20.1 Å². The number of amides is 1. The first kappa shape index (κ1) is 17.3. The van der Waals surface area contributed by atoms with Gasteiger partial charge in [0.2, 0.25) is 0 Å². The quantitative estimate of drug-likeness (QED) is 0.820. The number of nitrogens with zero attached hydrogens (tertiary/aromatic N) is 1. The van der Waals surface area contributed by atoms with Crippen LogP contribution in [0.2, 0.25) is 0 Å². The number of carbonyl (C=O) groups is 1. The van der Waals surface area contributed by atoms with Crippen molar-refractivity contribution in [3.63, 3.8) is 0 Å². The third-order valence-corrected chi connectivity index (χ3v) is 2.97. The molecule has 0 saturated heterocycles. The van der Waals surface area contributed by atoms with Gasteiger partial charge in [-0.15, -0.1) is 0 Å². The van der Waals surface area contributed by atoms with E-state index in [1.807, 2.05) is 45.9 Å². The Morgan fingerprint density at radius 1 is 1.38 bits per heavy atom. The van der Waals surface area contributed by atoms with Gasteiger partial charge in [-0.3, -0.25) is 0 Å². The minimum Gasteiger partial charge on any atom is -0.507 e. The van der Waals surface area contributed by atoms with Crippen LogP contribution in [0.4, 0.5) is 4.79 Å². The minimum absolute atomic E-state index is 0.325. The number of benzene rings is 1. The summed E-state index contributed by atoms with van der Waals surface area (Å²) in [7, 11) is 1.71. The summed E-state index contributed by atoms with van der Waals surface area (Å²) in [5.41, 5.74) is 1.24. The number of phenolic OH excluding ortho intramolecular Hbond substituents is 1. The summed E-state index contributed by atoms with van der Waals surface area (Å²) in [4.78, 5) is 13.3. The van der Waals surface area contributed by atoms with Gasteiger partial charge in [0, 0.05) is 32.2 Å². The van der Waals surface area contributed by atoms with Crippen molar-refractivity contribution >= 4 is 6.09 Å². The van der Waals surface area contributed by atoms with Crippen molar-refractivity contribution < 1.29 is 14.6 Å². The number of hydrogen-bond acceptors (Lipinski definition) is 4. The molecule has 0 spiro atoms. The summed E-state index contributed by atoms with van der Waals surface area (Å²) in [5.74, 6) is 0.325. The van der Waals surface area contributed by atoms with Crippen LogP contribution < -0.4 is 5.32 Å². The molecule has 0 aromatic heterocycles. The van der Waals surface area contributed by atoms with Crippen molar-refractivity contribution in [3.8, 4) is 5.75 Å². The molecule has 0 atom stereocenters. The Bertz CT molecular complexity index is 481. The molecule has 1 aromatic carbocycles. The zero-order valence-corrected chi connectivity index (χ0v) is 13.6. The molecule has 0 aliphatic carbocycles. The van der Waals surface area contributed by atoms with Crippen LogP contribution in [0.25, 0.3) is 0 Å². The van der Waals surface area contributed by atoms with E-state index in [9.17, 15) is 9.90 Å². The Kier molecular flexibility index (Phi) is 6.03. The smallest absolute Gasteiger partial charge is 0.410 e. The van der Waals surface area contributed by atoms with Crippen molar-refractivity contribution in [1.29, 1.82) is 0 Å². The van der Waals surface area contributed by atoms with Gasteiger partial charge >= 0.3 is 6.09 Å². The van der Waals surface area contributed by atoms with Crippen LogP contribution in [0, 0.1) is 6.92 Å². The summed E-state index contributed by atoms with van der Waals surface area (Å²) < 4.78 is 5.27. The number of likely N-dealkylation sites (N-methyl/N-ethyl adjacent to an activating group) is 1. The van der Waals surface area contributed by atoms with Crippen molar-refractivity contribution in [2.45, 2.75) is 39.8 Å². The van der Waals surface area contributed by atoms with E-state index in [0.29, 0.717) is 25.4 Å². The summed E-state index contributed by atoms with van der Waals surface area (Å²) >= 11 is 0. The molecule has 118 valence electrons. The first-order chi connectivity index (χ1) is 9.70. The minimum atomic E-state index is -0.480. The number of phenols is 1. The molecule has 1 rings (SSSR count). The standard InChI is InChI=1S/C16H26N2O3/c1-12-7-6-8-13(14(12)19)11-17-9-10-18(5)15(20)21-16(2,3)4/h6-8,17,19H,9-11H2,1-5H3. The second kappa shape index (κ2) is 7.31. The molecule has 0 unspecified atom stereocenters. The zero-order chi connectivity index (χ0) is 16.0. The molecule has 0 aliphatic heterocycles. The van der Waals surface area contributed by atoms with E-state index in [0.717, 1.165) is 11.1 Å². The summed E-state index contributed by atoms with van der Waals surface area (Å²) in [6.07, 6.45) is -0.331. The number of carbonyl (C=O) groups excluding carboxylic acids is 1. The number of aromatic hydroxyl groups is 1. The first-order valence-corrected chi connectivity index (χ1v) is 7.13. The van der Waals surface area contributed by atoms with Gasteiger partial charge in [-0.25, -0.2) is 4.79 Å². The van der Waals surface area contributed by atoms with Gasteiger partial charge in [-0.2, -0.15) is 0 Å². The molecule has 21 heavy (non-hydrogen) atoms. The maximum absolute atomic E-state index is 11.8. The van der Waals surface area contributed by atoms with Gasteiger partial charge in [-0.05, 0) is 33.3 Å². The average Bonchev–Trinajstić information content (AvgIpc) is 2.37. The van der Waals surface area contributed by atoms with Crippen LogP contribution in [0.15, 0.2) is 18.2 Å². The summed E-state index contributed by atoms with van der Waals surface area (Å²) in [6, 6.07) is 5.67. The highest BCUT2D eigenvalue weighted by atomic mass is 16.6. The highest BCUT2D eigenvalue weighted by Crippen LogP contribution is 2.20. The number of aryl methyl sites for hydroxylation is 1. The predicted molar refractivity (Wildman–Crippen MR) is 83.4 cm³/mol. The van der Waals surface area contributed by atoms with Crippen LogP contribution in [0.1, 0.15) is 31.9 Å². The topological polar surface area (TPSA) is 61.8 Å². The fraction of sp³-hybridized carbons (Fsp3) is 0.562. The largest absolute Gasteiger partial charge is 0.507 e. The Morgan fingerprint density at radius 3 is 2.67 bits per heavy atom. The lowest BCUT2D eigenvalue weighted by Gasteiger charge is -2.24. The van der Waals surface area contributed by atoms with Gasteiger partial charge in [-0.1, -0.05) is 18.2 Å². The molecule has 5 heteroatoms. The molecule has 0 bridgehead atoms. The van der Waals surface area contributed by atoms with E-state index in [4.69, 9.17) is 4.74 Å². The molecule has 5 nitrogen and oxygen atoms in total. The van der Waals surface area contributed by atoms with Crippen LogP contribution in [0.5, 0.6) is 5.75 Å². The number of hydrogen-bond donors (Lipinski definition) is 2. The number of rotatable bonds is 5. The average molecular weight is 294 g/mol. The zero-order valence-electron chi connectivity index (χ0n) is 13.6. The van der Waals surface area contributed by atoms with E-state index < -0.39 is 5.60 Å². The Morgan fingerprint density at radius 2 is 2.05 bits per heavy atom. The van der Waals surface area contributed by atoms with E-state index in [-0.39, 0.29) is 6.09 Å². The maximum atomic E-state index is 11.8. The Hall–Kier alpha value is -1.75. The SMILES string of the molecule is Cc1cccc(CNCCN(C)C(=O)OC(C)(C)C)c1O. The molecular formula is C16H26N2O3. The van der Waals surface area contributed by atoms with Gasteiger partial charge < -0.3 is 20.1 Å². The highest BCUT2D eigenvalue weighted by molar-refractivity contribution is 5.67. The fourth-order valence-electron chi connectivity index (χ4n) is 1.76. The molecule has 1 amide bonds.